The molecule has 0 spiro atoms. The van der Waals surface area contributed by atoms with Gasteiger partial charge >= 0.3 is 0 Å². The van der Waals surface area contributed by atoms with Crippen LogP contribution in [0.2, 0.25) is 0 Å². The fraction of sp³-hybridized carbons (Fsp3) is 1.00. The number of hydrogen-bond acceptors (Lipinski definition) is 3. The van der Waals surface area contributed by atoms with Crippen molar-refractivity contribution in [3.8, 4) is 0 Å². The van der Waals surface area contributed by atoms with Gasteiger partial charge in [-0.3, -0.25) is 0 Å². The summed E-state index contributed by atoms with van der Waals surface area (Å²) < 4.78 is 0. The lowest BCUT2D eigenvalue weighted by Gasteiger charge is -2.27. The Morgan fingerprint density at radius 3 is 2.50 bits per heavy atom. The van der Waals surface area contributed by atoms with E-state index in [-0.39, 0.29) is 12.1 Å². The van der Waals surface area contributed by atoms with E-state index in [9.17, 15) is 0 Å². The molecule has 0 heterocycles. The van der Waals surface area contributed by atoms with Crippen molar-refractivity contribution in [1.82, 2.24) is 5.32 Å². The van der Waals surface area contributed by atoms with Crippen molar-refractivity contribution >= 4 is 11.8 Å². The van der Waals surface area contributed by atoms with Gasteiger partial charge in [0.15, 0.2) is 0 Å². The van der Waals surface area contributed by atoms with Crippen molar-refractivity contribution in [3.05, 3.63) is 0 Å². The van der Waals surface area contributed by atoms with Crippen LogP contribution in [0.25, 0.3) is 0 Å². The van der Waals surface area contributed by atoms with E-state index in [1.54, 1.807) is 0 Å². The molecule has 0 rings (SSSR count). The molecule has 0 aliphatic carbocycles. The normalized spacial score (nSPS) is 16.0. The Labute approximate surface area is 80.1 Å². The highest BCUT2D eigenvalue weighted by Crippen LogP contribution is 2.07. The highest BCUT2D eigenvalue weighted by Gasteiger charge is 2.18. The quantitative estimate of drug-likeness (QED) is 0.598. The number of aliphatic hydroxyl groups is 1. The van der Waals surface area contributed by atoms with Gasteiger partial charge in [-0.05, 0) is 19.1 Å². The molecule has 12 heavy (non-hydrogen) atoms. The van der Waals surface area contributed by atoms with E-state index in [0.29, 0.717) is 0 Å². The van der Waals surface area contributed by atoms with E-state index in [4.69, 9.17) is 5.11 Å². The molecular weight excluding hydrogens is 170 g/mol. The van der Waals surface area contributed by atoms with Gasteiger partial charge < -0.3 is 10.4 Å². The fourth-order valence-corrected chi connectivity index (χ4v) is 1.40. The standard InChI is InChI=1S/C9H21NOS/c1-4-9(3,8-11)10-6-7-12-5-2/h10-11H,4-8H2,1-3H3. The van der Waals surface area contributed by atoms with Crippen LogP contribution in [0.1, 0.15) is 27.2 Å². The van der Waals surface area contributed by atoms with Gasteiger partial charge in [0.25, 0.3) is 0 Å². The first kappa shape index (κ1) is 12.3. The number of aliphatic hydroxyl groups excluding tert-OH is 1. The van der Waals surface area contributed by atoms with Crippen molar-refractivity contribution in [2.24, 2.45) is 0 Å². The zero-order valence-electron chi connectivity index (χ0n) is 8.39. The highest BCUT2D eigenvalue weighted by molar-refractivity contribution is 7.99. The topological polar surface area (TPSA) is 32.3 Å². The smallest absolute Gasteiger partial charge is 0.0610 e. The van der Waals surface area contributed by atoms with E-state index < -0.39 is 0 Å². The van der Waals surface area contributed by atoms with Crippen molar-refractivity contribution in [2.75, 3.05) is 24.7 Å². The lowest BCUT2D eigenvalue weighted by Crippen LogP contribution is -2.46. The maximum absolute atomic E-state index is 9.07. The zero-order valence-corrected chi connectivity index (χ0v) is 9.21. The highest BCUT2D eigenvalue weighted by atomic mass is 32.2. The van der Waals surface area contributed by atoms with E-state index in [1.165, 1.54) is 5.75 Å². The first-order chi connectivity index (χ1) is 5.68. The molecule has 0 saturated carbocycles. The lowest BCUT2D eigenvalue weighted by atomic mass is 10.0. The van der Waals surface area contributed by atoms with E-state index in [2.05, 4.69) is 26.1 Å². The second-order valence-electron chi connectivity index (χ2n) is 3.20. The monoisotopic (exact) mass is 191 g/mol. The van der Waals surface area contributed by atoms with Crippen molar-refractivity contribution in [1.29, 1.82) is 0 Å². The molecule has 0 aromatic heterocycles. The molecular formula is C9H21NOS. The van der Waals surface area contributed by atoms with E-state index in [1.807, 2.05) is 11.8 Å². The molecule has 1 unspecified atom stereocenters. The third-order valence-corrected chi connectivity index (χ3v) is 3.03. The Bertz CT molecular complexity index is 105. The minimum absolute atomic E-state index is 0.0751. The van der Waals surface area contributed by atoms with Crippen LogP contribution >= 0.6 is 11.8 Å². The van der Waals surface area contributed by atoms with Gasteiger partial charge in [-0.25, -0.2) is 0 Å². The Morgan fingerprint density at radius 2 is 2.08 bits per heavy atom. The number of hydrogen-bond donors (Lipinski definition) is 2. The average molecular weight is 191 g/mol. The third-order valence-electron chi connectivity index (χ3n) is 2.13. The van der Waals surface area contributed by atoms with Crippen LogP contribution in [-0.4, -0.2) is 35.3 Å². The molecule has 0 aromatic rings. The third kappa shape index (κ3) is 5.01. The molecule has 3 heteroatoms. The van der Waals surface area contributed by atoms with Crippen LogP contribution in [0.5, 0.6) is 0 Å². The maximum Gasteiger partial charge on any atom is 0.0610 e. The number of nitrogens with one attached hydrogen (secondary N) is 1. The summed E-state index contributed by atoms with van der Waals surface area (Å²) in [6.45, 7) is 7.53. The average Bonchev–Trinajstić information content (AvgIpc) is 2.12. The molecule has 0 aliphatic heterocycles. The second-order valence-corrected chi connectivity index (χ2v) is 4.59. The largest absolute Gasteiger partial charge is 0.394 e. The molecule has 74 valence electrons. The van der Waals surface area contributed by atoms with Crippen molar-refractivity contribution < 1.29 is 5.11 Å². The van der Waals surface area contributed by atoms with Crippen LogP contribution < -0.4 is 5.32 Å². The molecule has 1 atom stereocenters. The Kier molecular flexibility index (Phi) is 6.90. The second kappa shape index (κ2) is 6.75. The molecule has 0 aromatic carbocycles. The number of rotatable bonds is 7. The maximum atomic E-state index is 9.07. The molecule has 0 saturated heterocycles. The SMILES string of the molecule is CCSCCNC(C)(CC)CO. The van der Waals surface area contributed by atoms with Crippen molar-refractivity contribution in [2.45, 2.75) is 32.7 Å². The minimum Gasteiger partial charge on any atom is -0.394 e. The van der Waals surface area contributed by atoms with Crippen LogP contribution in [0.4, 0.5) is 0 Å². The zero-order chi connectivity index (χ0) is 9.45. The molecule has 0 radical (unpaired) electrons. The Hall–Kier alpha value is 0.270. The molecule has 0 bridgehead atoms. The van der Waals surface area contributed by atoms with Crippen LogP contribution in [-0.2, 0) is 0 Å². The van der Waals surface area contributed by atoms with Gasteiger partial charge in [0, 0.05) is 17.8 Å². The first-order valence-corrected chi connectivity index (χ1v) is 5.77. The molecule has 0 aliphatic rings. The van der Waals surface area contributed by atoms with Gasteiger partial charge in [0.2, 0.25) is 0 Å². The van der Waals surface area contributed by atoms with E-state index in [0.717, 1.165) is 18.7 Å². The minimum atomic E-state index is -0.0751. The molecule has 0 fully saturated rings. The van der Waals surface area contributed by atoms with Crippen LogP contribution in [0.15, 0.2) is 0 Å². The summed E-state index contributed by atoms with van der Waals surface area (Å²) in [6, 6.07) is 0. The first-order valence-electron chi connectivity index (χ1n) is 4.62. The lowest BCUT2D eigenvalue weighted by molar-refractivity contribution is 0.173. The van der Waals surface area contributed by atoms with Crippen LogP contribution in [0, 0.1) is 0 Å². The van der Waals surface area contributed by atoms with Crippen molar-refractivity contribution in [3.63, 3.8) is 0 Å². The Balaban J connectivity index is 3.45. The Morgan fingerprint density at radius 1 is 1.42 bits per heavy atom. The summed E-state index contributed by atoms with van der Waals surface area (Å²) in [7, 11) is 0. The summed E-state index contributed by atoms with van der Waals surface area (Å²) >= 11 is 1.93. The van der Waals surface area contributed by atoms with Gasteiger partial charge in [-0.2, -0.15) is 11.8 Å². The van der Waals surface area contributed by atoms with E-state index >= 15 is 0 Å². The summed E-state index contributed by atoms with van der Waals surface area (Å²) in [5.41, 5.74) is -0.0751. The van der Waals surface area contributed by atoms with Gasteiger partial charge in [-0.15, -0.1) is 0 Å². The molecule has 2 N–H and O–H groups in total. The molecule has 2 nitrogen and oxygen atoms in total. The van der Waals surface area contributed by atoms with Gasteiger partial charge in [0.1, 0.15) is 0 Å². The summed E-state index contributed by atoms with van der Waals surface area (Å²) in [5.74, 6) is 2.30. The predicted octanol–water partition coefficient (Wildman–Crippen LogP) is 1.49. The van der Waals surface area contributed by atoms with Gasteiger partial charge in [0.05, 0.1) is 6.61 Å². The number of thioether (sulfide) groups is 1. The summed E-state index contributed by atoms with van der Waals surface area (Å²) in [5, 5.41) is 12.4. The van der Waals surface area contributed by atoms with Crippen LogP contribution in [0.3, 0.4) is 0 Å². The van der Waals surface area contributed by atoms with Gasteiger partial charge in [-0.1, -0.05) is 13.8 Å². The summed E-state index contributed by atoms with van der Waals surface area (Å²) in [4.78, 5) is 0. The fourth-order valence-electron chi connectivity index (χ4n) is 0.862. The predicted molar refractivity (Wildman–Crippen MR) is 56.8 cm³/mol. The molecule has 0 amide bonds. The summed E-state index contributed by atoms with van der Waals surface area (Å²) in [6.07, 6.45) is 0.973.